The summed E-state index contributed by atoms with van der Waals surface area (Å²) in [4.78, 5) is 26.9. The number of phenolic OH excluding ortho intramolecular Hbond substituents is 1. The van der Waals surface area contributed by atoms with Gasteiger partial charge in [-0.3, -0.25) is 9.78 Å². The molecule has 41 heavy (non-hydrogen) atoms. The molecule has 14 heteroatoms. The third-order valence-electron chi connectivity index (χ3n) is 5.83. The van der Waals surface area contributed by atoms with Gasteiger partial charge in [0.05, 0.1) is 53.8 Å². The maximum atomic E-state index is 14.2. The van der Waals surface area contributed by atoms with E-state index in [0.29, 0.717) is 49.1 Å². The van der Waals surface area contributed by atoms with Gasteiger partial charge in [-0.2, -0.15) is 10.1 Å². The van der Waals surface area contributed by atoms with Crippen LogP contribution < -0.4 is 21.0 Å². The molecule has 3 heterocycles. The van der Waals surface area contributed by atoms with E-state index in [-0.39, 0.29) is 33.1 Å². The molecule has 1 aliphatic heterocycles. The zero-order valence-electron chi connectivity index (χ0n) is 21.3. The Morgan fingerprint density at radius 3 is 2.56 bits per heavy atom. The SMILES string of the molecule is O=C(Nc1cc(O)cc(Cl)c1)c1ccc(Nc2ccc(/C=N/Nc3ncc(F)c(N4CCOCC4)n3)nc2)cc1Cl. The van der Waals surface area contributed by atoms with Crippen LogP contribution in [0.25, 0.3) is 0 Å². The van der Waals surface area contributed by atoms with Crippen LogP contribution >= 0.6 is 23.2 Å². The number of hydrazone groups is 1. The number of carbonyl (C=O) groups is 1. The number of halogens is 3. The molecule has 1 amide bonds. The molecule has 0 unspecified atom stereocenters. The first kappa shape index (κ1) is 28.0. The minimum atomic E-state index is -0.510. The van der Waals surface area contributed by atoms with Crippen molar-refractivity contribution in [3.05, 3.63) is 88.0 Å². The molecule has 4 aromatic rings. The zero-order chi connectivity index (χ0) is 28.8. The van der Waals surface area contributed by atoms with Crippen LogP contribution in [-0.2, 0) is 4.74 Å². The molecule has 4 N–H and O–H groups in total. The molecule has 0 spiro atoms. The minimum absolute atomic E-state index is 0.0689. The number of aromatic hydroxyl groups is 1. The van der Waals surface area contributed by atoms with Crippen LogP contribution in [0.3, 0.4) is 0 Å². The van der Waals surface area contributed by atoms with E-state index in [2.05, 4.69) is 36.1 Å². The summed E-state index contributed by atoms with van der Waals surface area (Å²) in [5.41, 5.74) is 5.15. The molecular formula is C27H23Cl2FN8O3. The molecule has 5 rings (SSSR count). The molecular weight excluding hydrogens is 574 g/mol. The predicted molar refractivity (Wildman–Crippen MR) is 156 cm³/mol. The van der Waals surface area contributed by atoms with E-state index >= 15 is 0 Å². The first-order valence-electron chi connectivity index (χ1n) is 12.3. The van der Waals surface area contributed by atoms with Crippen molar-refractivity contribution in [1.29, 1.82) is 0 Å². The molecule has 0 radical (unpaired) electrons. The molecule has 0 saturated carbocycles. The quantitative estimate of drug-likeness (QED) is 0.158. The lowest BCUT2D eigenvalue weighted by atomic mass is 10.1. The Morgan fingerprint density at radius 2 is 1.83 bits per heavy atom. The highest BCUT2D eigenvalue weighted by atomic mass is 35.5. The number of ether oxygens (including phenoxy) is 1. The van der Waals surface area contributed by atoms with Gasteiger partial charge in [0.2, 0.25) is 5.95 Å². The Hall–Kier alpha value is -4.52. The molecule has 0 atom stereocenters. The average molecular weight is 597 g/mol. The van der Waals surface area contributed by atoms with Crippen molar-refractivity contribution < 1.29 is 19.0 Å². The van der Waals surface area contributed by atoms with Crippen LogP contribution in [0.5, 0.6) is 5.75 Å². The van der Waals surface area contributed by atoms with E-state index < -0.39 is 11.7 Å². The zero-order valence-corrected chi connectivity index (χ0v) is 22.8. The van der Waals surface area contributed by atoms with Crippen molar-refractivity contribution in [3.63, 3.8) is 0 Å². The Morgan fingerprint density at radius 1 is 1.02 bits per heavy atom. The van der Waals surface area contributed by atoms with E-state index in [1.54, 1.807) is 41.4 Å². The number of phenols is 1. The Kier molecular flexibility index (Phi) is 8.73. The maximum Gasteiger partial charge on any atom is 0.257 e. The number of nitrogens with zero attached hydrogens (tertiary/aromatic N) is 5. The number of aromatic nitrogens is 3. The van der Waals surface area contributed by atoms with E-state index in [4.69, 9.17) is 27.9 Å². The molecule has 0 aliphatic carbocycles. The number of nitrogens with one attached hydrogen (secondary N) is 3. The van der Waals surface area contributed by atoms with Crippen LogP contribution in [0.1, 0.15) is 16.1 Å². The van der Waals surface area contributed by atoms with Crippen molar-refractivity contribution >= 4 is 64.2 Å². The Balaban J connectivity index is 1.17. The highest BCUT2D eigenvalue weighted by Gasteiger charge is 2.18. The lowest BCUT2D eigenvalue weighted by Crippen LogP contribution is -2.37. The van der Waals surface area contributed by atoms with Crippen LogP contribution in [-0.4, -0.2) is 58.5 Å². The van der Waals surface area contributed by atoms with Crippen LogP contribution in [0.15, 0.2) is 66.0 Å². The van der Waals surface area contributed by atoms with Gasteiger partial charge in [0.15, 0.2) is 11.6 Å². The topological polar surface area (TPSA) is 137 Å². The highest BCUT2D eigenvalue weighted by Crippen LogP contribution is 2.27. The lowest BCUT2D eigenvalue weighted by molar-refractivity contribution is 0.102. The summed E-state index contributed by atoms with van der Waals surface area (Å²) in [6, 6.07) is 12.7. The Bertz CT molecular complexity index is 1560. The number of anilines is 5. The number of hydrogen-bond acceptors (Lipinski definition) is 10. The normalized spacial score (nSPS) is 13.3. The maximum absolute atomic E-state index is 14.2. The molecule has 1 saturated heterocycles. The molecule has 2 aromatic carbocycles. The Labute approximate surface area is 244 Å². The van der Waals surface area contributed by atoms with Crippen molar-refractivity contribution in [2.75, 3.05) is 47.3 Å². The molecule has 2 aromatic heterocycles. The standard InChI is InChI=1S/C27H23Cl2FN8O3/c28-16-9-20(11-21(39)10-16)35-26(40)22-4-3-17(12-23(22)29)34-19-2-1-18(31-13-19)14-33-37-27-32-15-24(30)25(36-27)38-5-7-41-8-6-38/h1-4,9-15,34,39H,5-8H2,(H,35,40)(H,32,36,37)/b33-14+. The first-order chi connectivity index (χ1) is 19.8. The van der Waals surface area contributed by atoms with Crippen LogP contribution in [0.2, 0.25) is 10.0 Å². The number of amides is 1. The van der Waals surface area contributed by atoms with E-state index in [0.717, 1.165) is 6.20 Å². The van der Waals surface area contributed by atoms with E-state index in [1.165, 1.54) is 24.4 Å². The van der Waals surface area contributed by atoms with Crippen molar-refractivity contribution in [1.82, 2.24) is 15.0 Å². The van der Waals surface area contributed by atoms with Gasteiger partial charge in [0.25, 0.3) is 5.91 Å². The average Bonchev–Trinajstić information content (AvgIpc) is 2.95. The monoisotopic (exact) mass is 596 g/mol. The van der Waals surface area contributed by atoms with Crippen molar-refractivity contribution in [2.24, 2.45) is 5.10 Å². The van der Waals surface area contributed by atoms with Gasteiger partial charge < -0.3 is 25.4 Å². The molecule has 11 nitrogen and oxygen atoms in total. The second kappa shape index (κ2) is 12.8. The van der Waals surface area contributed by atoms with Gasteiger partial charge in [0.1, 0.15) is 5.75 Å². The van der Waals surface area contributed by atoms with Crippen LogP contribution in [0, 0.1) is 5.82 Å². The van der Waals surface area contributed by atoms with Gasteiger partial charge in [-0.15, -0.1) is 0 Å². The fraction of sp³-hybridized carbons (Fsp3) is 0.148. The molecule has 0 bridgehead atoms. The largest absolute Gasteiger partial charge is 0.508 e. The number of hydrogen-bond donors (Lipinski definition) is 4. The predicted octanol–water partition coefficient (Wildman–Crippen LogP) is 5.30. The number of benzene rings is 2. The molecule has 1 fully saturated rings. The van der Waals surface area contributed by atoms with Crippen molar-refractivity contribution in [3.8, 4) is 5.75 Å². The smallest absolute Gasteiger partial charge is 0.257 e. The summed E-state index contributed by atoms with van der Waals surface area (Å²) in [5.74, 6) is -0.679. The third-order valence-corrected chi connectivity index (χ3v) is 6.36. The number of pyridine rings is 1. The molecule has 1 aliphatic rings. The van der Waals surface area contributed by atoms with Gasteiger partial charge in [0, 0.05) is 35.6 Å². The highest BCUT2D eigenvalue weighted by molar-refractivity contribution is 6.35. The van der Waals surface area contributed by atoms with Crippen molar-refractivity contribution in [2.45, 2.75) is 0 Å². The van der Waals surface area contributed by atoms with Crippen LogP contribution in [0.4, 0.5) is 33.2 Å². The number of rotatable bonds is 8. The summed E-state index contributed by atoms with van der Waals surface area (Å²) in [7, 11) is 0. The van der Waals surface area contributed by atoms with Gasteiger partial charge in [-0.25, -0.2) is 14.8 Å². The minimum Gasteiger partial charge on any atom is -0.508 e. The summed E-state index contributed by atoms with van der Waals surface area (Å²) in [6.07, 6.45) is 4.19. The number of morpholine rings is 1. The van der Waals surface area contributed by atoms with Gasteiger partial charge in [-0.05, 0) is 42.5 Å². The van der Waals surface area contributed by atoms with E-state index in [1.807, 2.05) is 0 Å². The summed E-state index contributed by atoms with van der Waals surface area (Å²) >= 11 is 12.3. The fourth-order valence-corrected chi connectivity index (χ4v) is 4.40. The third kappa shape index (κ3) is 7.37. The van der Waals surface area contributed by atoms with Gasteiger partial charge in [-0.1, -0.05) is 23.2 Å². The fourth-order valence-electron chi connectivity index (χ4n) is 3.91. The summed E-state index contributed by atoms with van der Waals surface area (Å²) < 4.78 is 19.5. The van der Waals surface area contributed by atoms with Gasteiger partial charge >= 0.3 is 0 Å². The number of carbonyl (C=O) groups excluding carboxylic acids is 1. The lowest BCUT2D eigenvalue weighted by Gasteiger charge is -2.27. The summed E-state index contributed by atoms with van der Waals surface area (Å²) in [6.45, 7) is 2.10. The second-order valence-electron chi connectivity index (χ2n) is 8.78. The van der Waals surface area contributed by atoms with E-state index in [9.17, 15) is 14.3 Å². The first-order valence-corrected chi connectivity index (χ1v) is 13.1. The second-order valence-corrected chi connectivity index (χ2v) is 9.62. The molecule has 210 valence electrons. The summed E-state index contributed by atoms with van der Waals surface area (Å²) in [5, 5.41) is 20.1.